The van der Waals surface area contributed by atoms with E-state index in [-0.39, 0.29) is 5.91 Å². The average Bonchev–Trinajstić information content (AvgIpc) is 2.45. The Bertz CT molecular complexity index is 555. The minimum absolute atomic E-state index is 0.0604. The van der Waals surface area contributed by atoms with Gasteiger partial charge in [-0.05, 0) is 24.3 Å². The quantitative estimate of drug-likeness (QED) is 0.822. The fourth-order valence-electron chi connectivity index (χ4n) is 1.65. The van der Waals surface area contributed by atoms with Crippen molar-refractivity contribution >= 4 is 5.91 Å². The second-order valence-corrected chi connectivity index (χ2v) is 4.22. The largest absolute Gasteiger partial charge is 0.492 e. The third kappa shape index (κ3) is 4.65. The SMILES string of the molecule is CC(=O)NCCOc1cccc(Oc2ccccc2)c1. The lowest BCUT2D eigenvalue weighted by atomic mass is 10.3. The second-order valence-electron chi connectivity index (χ2n) is 4.22. The van der Waals surface area contributed by atoms with Crippen molar-refractivity contribution < 1.29 is 14.3 Å². The highest BCUT2D eigenvalue weighted by Gasteiger charge is 2.00. The molecule has 0 unspecified atom stereocenters. The second kappa shape index (κ2) is 7.19. The summed E-state index contributed by atoms with van der Waals surface area (Å²) in [6.07, 6.45) is 0. The summed E-state index contributed by atoms with van der Waals surface area (Å²) >= 11 is 0. The van der Waals surface area contributed by atoms with E-state index >= 15 is 0 Å². The Hall–Kier alpha value is -2.49. The number of benzene rings is 2. The van der Waals surface area contributed by atoms with Crippen LogP contribution in [0.5, 0.6) is 17.2 Å². The molecule has 0 radical (unpaired) electrons. The number of carbonyl (C=O) groups excluding carboxylic acids is 1. The van der Waals surface area contributed by atoms with E-state index in [0.717, 1.165) is 5.75 Å². The van der Waals surface area contributed by atoms with Gasteiger partial charge in [0.25, 0.3) is 0 Å². The maximum absolute atomic E-state index is 10.7. The third-order valence-corrected chi connectivity index (χ3v) is 2.53. The average molecular weight is 271 g/mol. The molecule has 0 aromatic heterocycles. The van der Waals surface area contributed by atoms with Crippen LogP contribution < -0.4 is 14.8 Å². The first-order valence-corrected chi connectivity index (χ1v) is 6.44. The van der Waals surface area contributed by atoms with E-state index in [1.807, 2.05) is 54.6 Å². The zero-order valence-corrected chi connectivity index (χ0v) is 11.3. The highest BCUT2D eigenvalue weighted by Crippen LogP contribution is 2.24. The highest BCUT2D eigenvalue weighted by molar-refractivity contribution is 5.72. The Labute approximate surface area is 118 Å². The van der Waals surface area contributed by atoms with Gasteiger partial charge >= 0.3 is 0 Å². The first-order valence-electron chi connectivity index (χ1n) is 6.44. The number of nitrogens with one attached hydrogen (secondary N) is 1. The number of carbonyl (C=O) groups is 1. The fraction of sp³-hybridized carbons (Fsp3) is 0.188. The van der Waals surface area contributed by atoms with Gasteiger partial charge in [0.1, 0.15) is 23.9 Å². The molecule has 20 heavy (non-hydrogen) atoms. The van der Waals surface area contributed by atoms with Crippen LogP contribution in [-0.4, -0.2) is 19.1 Å². The van der Waals surface area contributed by atoms with E-state index in [2.05, 4.69) is 5.32 Å². The Morgan fingerprint density at radius 1 is 1.00 bits per heavy atom. The molecule has 0 aliphatic heterocycles. The molecule has 0 aliphatic carbocycles. The summed E-state index contributed by atoms with van der Waals surface area (Å²) in [6, 6.07) is 17.0. The van der Waals surface area contributed by atoms with Crippen molar-refractivity contribution in [2.24, 2.45) is 0 Å². The van der Waals surface area contributed by atoms with Gasteiger partial charge < -0.3 is 14.8 Å². The first-order chi connectivity index (χ1) is 9.74. The first kappa shape index (κ1) is 13.9. The van der Waals surface area contributed by atoms with Crippen molar-refractivity contribution in [1.82, 2.24) is 5.32 Å². The van der Waals surface area contributed by atoms with Crippen molar-refractivity contribution in [2.45, 2.75) is 6.92 Å². The molecule has 0 saturated carbocycles. The smallest absolute Gasteiger partial charge is 0.216 e. The van der Waals surface area contributed by atoms with Crippen molar-refractivity contribution in [3.8, 4) is 17.2 Å². The predicted octanol–water partition coefficient (Wildman–Crippen LogP) is 2.99. The number of hydrogen-bond acceptors (Lipinski definition) is 3. The lowest BCUT2D eigenvalue weighted by Gasteiger charge is -2.09. The number of ether oxygens (including phenoxy) is 2. The maximum atomic E-state index is 10.7. The van der Waals surface area contributed by atoms with Crippen LogP contribution >= 0.6 is 0 Å². The summed E-state index contributed by atoms with van der Waals surface area (Å²) in [6.45, 7) is 2.39. The van der Waals surface area contributed by atoms with E-state index in [0.29, 0.717) is 24.7 Å². The van der Waals surface area contributed by atoms with Crippen LogP contribution in [0.3, 0.4) is 0 Å². The normalized spacial score (nSPS) is 9.85. The topological polar surface area (TPSA) is 47.6 Å². The lowest BCUT2D eigenvalue weighted by Crippen LogP contribution is -2.25. The van der Waals surface area contributed by atoms with Gasteiger partial charge in [-0.15, -0.1) is 0 Å². The summed E-state index contributed by atoms with van der Waals surface area (Å²) < 4.78 is 11.3. The minimum atomic E-state index is -0.0604. The molecule has 0 fully saturated rings. The van der Waals surface area contributed by atoms with Crippen LogP contribution in [-0.2, 0) is 4.79 Å². The Balaban J connectivity index is 1.89. The van der Waals surface area contributed by atoms with Gasteiger partial charge in [-0.2, -0.15) is 0 Å². The Morgan fingerprint density at radius 2 is 1.70 bits per heavy atom. The zero-order valence-electron chi connectivity index (χ0n) is 11.3. The van der Waals surface area contributed by atoms with Gasteiger partial charge in [0.2, 0.25) is 5.91 Å². The summed E-state index contributed by atoms with van der Waals surface area (Å²) in [5.41, 5.74) is 0. The molecule has 0 spiro atoms. The van der Waals surface area contributed by atoms with Crippen LogP contribution in [0.15, 0.2) is 54.6 Å². The van der Waals surface area contributed by atoms with Crippen LogP contribution in [0.1, 0.15) is 6.92 Å². The molecule has 4 nitrogen and oxygen atoms in total. The summed E-state index contributed by atoms with van der Waals surface area (Å²) in [5, 5.41) is 2.68. The number of hydrogen-bond donors (Lipinski definition) is 1. The van der Waals surface area contributed by atoms with Gasteiger partial charge in [-0.3, -0.25) is 4.79 Å². The minimum Gasteiger partial charge on any atom is -0.492 e. The molecule has 4 heteroatoms. The van der Waals surface area contributed by atoms with Gasteiger partial charge in [-0.25, -0.2) is 0 Å². The molecule has 2 aromatic rings. The molecule has 0 aliphatic rings. The molecule has 2 aromatic carbocycles. The molecule has 0 heterocycles. The van der Waals surface area contributed by atoms with Crippen molar-refractivity contribution in [3.05, 3.63) is 54.6 Å². The molecule has 2 rings (SSSR count). The van der Waals surface area contributed by atoms with Crippen molar-refractivity contribution in [2.75, 3.05) is 13.2 Å². The molecule has 0 atom stereocenters. The highest BCUT2D eigenvalue weighted by atomic mass is 16.5. The maximum Gasteiger partial charge on any atom is 0.216 e. The molecule has 1 N–H and O–H groups in total. The van der Waals surface area contributed by atoms with Gasteiger partial charge in [-0.1, -0.05) is 24.3 Å². The summed E-state index contributed by atoms with van der Waals surface area (Å²) in [5.74, 6) is 2.15. The molecule has 0 saturated heterocycles. The van der Waals surface area contributed by atoms with Crippen LogP contribution in [0.4, 0.5) is 0 Å². The zero-order chi connectivity index (χ0) is 14.2. The molecule has 1 amide bonds. The van der Waals surface area contributed by atoms with Crippen molar-refractivity contribution in [3.63, 3.8) is 0 Å². The standard InChI is InChI=1S/C16H17NO3/c1-13(18)17-10-11-19-15-8-5-9-16(12-15)20-14-6-3-2-4-7-14/h2-9,12H,10-11H2,1H3,(H,17,18). The van der Waals surface area contributed by atoms with Gasteiger partial charge in [0.05, 0.1) is 6.54 Å². The van der Waals surface area contributed by atoms with Crippen molar-refractivity contribution in [1.29, 1.82) is 0 Å². The van der Waals surface area contributed by atoms with Gasteiger partial charge in [0, 0.05) is 13.0 Å². The number of rotatable bonds is 6. The van der Waals surface area contributed by atoms with Crippen LogP contribution in [0.25, 0.3) is 0 Å². The summed E-state index contributed by atoms with van der Waals surface area (Å²) in [7, 11) is 0. The summed E-state index contributed by atoms with van der Waals surface area (Å²) in [4.78, 5) is 10.7. The predicted molar refractivity (Wildman–Crippen MR) is 77.1 cm³/mol. The van der Waals surface area contributed by atoms with E-state index < -0.39 is 0 Å². The van der Waals surface area contributed by atoms with Gasteiger partial charge in [0.15, 0.2) is 0 Å². The molecule has 0 bridgehead atoms. The monoisotopic (exact) mass is 271 g/mol. The van der Waals surface area contributed by atoms with E-state index in [4.69, 9.17) is 9.47 Å². The number of amides is 1. The Kier molecular flexibility index (Phi) is 5.00. The van der Waals surface area contributed by atoms with Crippen LogP contribution in [0.2, 0.25) is 0 Å². The Morgan fingerprint density at radius 3 is 2.45 bits per heavy atom. The lowest BCUT2D eigenvalue weighted by molar-refractivity contribution is -0.119. The van der Waals surface area contributed by atoms with E-state index in [1.54, 1.807) is 0 Å². The van der Waals surface area contributed by atoms with E-state index in [1.165, 1.54) is 6.92 Å². The van der Waals surface area contributed by atoms with E-state index in [9.17, 15) is 4.79 Å². The number of para-hydroxylation sites is 1. The molecular weight excluding hydrogens is 254 g/mol. The molecule has 104 valence electrons. The third-order valence-electron chi connectivity index (χ3n) is 2.53. The fourth-order valence-corrected chi connectivity index (χ4v) is 1.65. The molecular formula is C16H17NO3. The van der Waals surface area contributed by atoms with Crippen LogP contribution in [0, 0.1) is 0 Å².